The van der Waals surface area contributed by atoms with Gasteiger partial charge in [-0.15, -0.1) is 0 Å². The van der Waals surface area contributed by atoms with Gasteiger partial charge >= 0.3 is 12.7 Å². The Kier molecular flexibility index (Phi) is 4.46. The summed E-state index contributed by atoms with van der Waals surface area (Å²) >= 11 is 5.37. The van der Waals surface area contributed by atoms with Gasteiger partial charge in [0, 0.05) is 12.2 Å². The van der Waals surface area contributed by atoms with Crippen molar-refractivity contribution in [3.05, 3.63) is 12.7 Å². The quantitative estimate of drug-likeness (QED) is 0.513. The van der Waals surface area contributed by atoms with Gasteiger partial charge in [-0.05, 0) is 17.7 Å². The van der Waals surface area contributed by atoms with Gasteiger partial charge in [0.15, 0.2) is 0 Å². The highest BCUT2D eigenvalue weighted by Crippen LogP contribution is 2.52. The highest BCUT2D eigenvalue weighted by Gasteiger charge is 2.20. The average Bonchev–Trinajstić information content (AvgIpc) is 1.86. The Labute approximate surface area is 70.6 Å². The van der Waals surface area contributed by atoms with Crippen LogP contribution in [-0.2, 0) is 13.9 Å². The number of hydrogen-bond acceptors (Lipinski definition) is 3. The van der Waals surface area contributed by atoms with Crippen molar-refractivity contribution in [3.63, 3.8) is 0 Å². The van der Waals surface area contributed by atoms with Crippen LogP contribution in [0, 0.1) is 0 Å². The second kappa shape index (κ2) is 4.58. The van der Waals surface area contributed by atoms with E-state index in [-0.39, 0.29) is 6.16 Å². The molecule has 0 aromatic rings. The first-order valence-electron chi connectivity index (χ1n) is 3.16. The lowest BCUT2D eigenvalue weighted by molar-refractivity contribution is -0.128. The fraction of sp³-hybridized carbons (Fsp3) is 0.500. The third kappa shape index (κ3) is 5.05. The summed E-state index contributed by atoms with van der Waals surface area (Å²) in [5.41, 5.74) is 0. The molecule has 0 saturated heterocycles. The first-order valence-corrected chi connectivity index (χ1v) is 5.88. The van der Waals surface area contributed by atoms with E-state index in [0.717, 1.165) is 6.08 Å². The van der Waals surface area contributed by atoms with E-state index in [1.54, 1.807) is 6.92 Å². The van der Waals surface area contributed by atoms with Gasteiger partial charge in [0.1, 0.15) is 0 Å². The van der Waals surface area contributed by atoms with E-state index >= 15 is 0 Å². The van der Waals surface area contributed by atoms with Crippen LogP contribution in [0.2, 0.25) is 0 Å². The largest absolute Gasteiger partial charge is 0.397 e. The number of carbonyl (C=O) groups is 1. The molecule has 1 unspecified atom stereocenters. The summed E-state index contributed by atoms with van der Waals surface area (Å²) in [6.07, 6.45) is 1.75. The minimum Gasteiger partial charge on any atom is -0.397 e. The molecule has 0 aliphatic carbocycles. The Hall–Kier alpha value is -0.270. The molecule has 64 valence electrons. The van der Waals surface area contributed by atoms with Crippen molar-refractivity contribution in [1.82, 2.24) is 0 Å². The van der Waals surface area contributed by atoms with Gasteiger partial charge in [0.25, 0.3) is 0 Å². The van der Waals surface area contributed by atoms with Crippen LogP contribution < -0.4 is 0 Å². The highest BCUT2D eigenvalue weighted by molar-refractivity contribution is 7.85. The Morgan fingerprint density at radius 1 is 1.82 bits per heavy atom. The van der Waals surface area contributed by atoms with E-state index < -0.39 is 12.7 Å². The van der Waals surface area contributed by atoms with Gasteiger partial charge in [-0.25, -0.2) is 4.79 Å². The fourth-order valence-electron chi connectivity index (χ4n) is 0.484. The molecule has 0 saturated carbocycles. The van der Waals surface area contributed by atoms with Crippen LogP contribution in [0.1, 0.15) is 13.3 Å². The summed E-state index contributed by atoms with van der Waals surface area (Å²) in [5, 5.41) is 0. The number of rotatable bonds is 4. The molecule has 0 spiro atoms. The lowest BCUT2D eigenvalue weighted by Gasteiger charge is -2.07. The summed E-state index contributed by atoms with van der Waals surface area (Å²) in [6, 6.07) is 0. The molecular weight excluding hydrogens is 186 g/mol. The van der Waals surface area contributed by atoms with E-state index in [0.29, 0.717) is 6.42 Å². The van der Waals surface area contributed by atoms with Crippen molar-refractivity contribution in [2.45, 2.75) is 13.3 Å². The molecule has 0 bridgehead atoms. The van der Waals surface area contributed by atoms with E-state index in [1.165, 1.54) is 0 Å². The maximum Gasteiger partial charge on any atom is 0.338 e. The van der Waals surface area contributed by atoms with Gasteiger partial charge < -0.3 is 4.52 Å². The number of halogens is 1. The first kappa shape index (κ1) is 10.7. The molecule has 0 N–H and O–H groups in total. The average molecular weight is 197 g/mol. The first-order chi connectivity index (χ1) is 5.02. The molecule has 5 heteroatoms. The molecule has 0 radical (unpaired) electrons. The van der Waals surface area contributed by atoms with E-state index in [2.05, 4.69) is 11.1 Å². The van der Waals surface area contributed by atoms with Crippen molar-refractivity contribution >= 4 is 23.9 Å². The van der Waals surface area contributed by atoms with E-state index in [9.17, 15) is 9.36 Å². The maximum absolute atomic E-state index is 11.1. The monoisotopic (exact) mass is 196 g/mol. The van der Waals surface area contributed by atoms with Gasteiger partial charge in [-0.1, -0.05) is 13.5 Å². The highest BCUT2D eigenvalue weighted by atomic mass is 35.7. The molecule has 3 nitrogen and oxygen atoms in total. The van der Waals surface area contributed by atoms with Crippen molar-refractivity contribution in [3.8, 4) is 0 Å². The molecular formula is C6H10ClO3P. The predicted molar refractivity (Wildman–Crippen MR) is 44.9 cm³/mol. The molecule has 11 heavy (non-hydrogen) atoms. The minimum atomic E-state index is -3.21. The molecule has 0 aromatic heterocycles. The van der Waals surface area contributed by atoms with E-state index in [4.69, 9.17) is 11.2 Å². The zero-order chi connectivity index (χ0) is 8.91. The molecule has 0 aromatic carbocycles. The van der Waals surface area contributed by atoms with Gasteiger partial charge in [0.05, 0.1) is 0 Å². The smallest absolute Gasteiger partial charge is 0.338 e. The van der Waals surface area contributed by atoms with Crippen molar-refractivity contribution in [2.75, 3.05) is 6.16 Å². The van der Waals surface area contributed by atoms with Crippen LogP contribution in [0.5, 0.6) is 0 Å². The van der Waals surface area contributed by atoms with Crippen LogP contribution in [0.15, 0.2) is 12.7 Å². The van der Waals surface area contributed by atoms with Crippen LogP contribution >= 0.6 is 18.0 Å². The molecule has 0 aliphatic heterocycles. The molecule has 0 amide bonds. The zero-order valence-electron chi connectivity index (χ0n) is 6.25. The summed E-state index contributed by atoms with van der Waals surface area (Å²) in [5.74, 6) is -0.739. The Balaban J connectivity index is 4.01. The molecule has 0 rings (SSSR count). The normalized spacial score (nSPS) is 15.1. The molecule has 1 atom stereocenters. The topological polar surface area (TPSA) is 43.4 Å². The zero-order valence-corrected chi connectivity index (χ0v) is 7.90. The third-order valence-electron chi connectivity index (χ3n) is 0.884. The third-order valence-corrected chi connectivity index (χ3v) is 3.03. The molecule has 0 heterocycles. The lowest BCUT2D eigenvalue weighted by Crippen LogP contribution is -1.96. The van der Waals surface area contributed by atoms with E-state index in [1.807, 2.05) is 0 Å². The van der Waals surface area contributed by atoms with Crippen LogP contribution in [0.3, 0.4) is 0 Å². The summed E-state index contributed by atoms with van der Waals surface area (Å²) < 4.78 is 15.4. The summed E-state index contributed by atoms with van der Waals surface area (Å²) in [6.45, 7) is 1.74. The second-order valence-corrected chi connectivity index (χ2v) is 5.28. The molecule has 0 fully saturated rings. The van der Waals surface area contributed by atoms with Gasteiger partial charge in [-0.2, -0.15) is 0 Å². The van der Waals surface area contributed by atoms with Gasteiger partial charge in [-0.3, -0.25) is 4.57 Å². The Bertz CT molecular complexity index is 202. The Morgan fingerprint density at radius 3 is 2.73 bits per heavy atom. The predicted octanol–water partition coefficient (Wildman–Crippen LogP) is 2.56. The van der Waals surface area contributed by atoms with Crippen molar-refractivity contribution < 1.29 is 13.9 Å². The van der Waals surface area contributed by atoms with Crippen LogP contribution in [-0.4, -0.2) is 12.1 Å². The summed E-state index contributed by atoms with van der Waals surface area (Å²) in [4.78, 5) is 10.5. The van der Waals surface area contributed by atoms with Crippen molar-refractivity contribution in [2.24, 2.45) is 0 Å². The van der Waals surface area contributed by atoms with Crippen molar-refractivity contribution in [1.29, 1.82) is 0 Å². The minimum absolute atomic E-state index is 0.203. The maximum atomic E-state index is 11.1. The summed E-state index contributed by atoms with van der Waals surface area (Å²) in [7, 11) is 0. The number of carbonyl (C=O) groups excluding carboxylic acids is 1. The fourth-order valence-corrected chi connectivity index (χ4v) is 2.16. The standard InChI is InChI=1S/C6H10ClO3P/c1-3-5-11(7,9)10-6(8)4-2/h4H,2-3,5H2,1H3. The molecule has 0 aliphatic rings. The second-order valence-electron chi connectivity index (χ2n) is 1.93. The van der Waals surface area contributed by atoms with Crippen LogP contribution in [0.25, 0.3) is 0 Å². The SMILES string of the molecule is C=CC(=O)OP(=O)(Cl)CCC. The number of hydrogen-bond donors (Lipinski definition) is 0. The lowest BCUT2D eigenvalue weighted by atomic mass is 10.6. The van der Waals surface area contributed by atoms with Crippen LogP contribution in [0.4, 0.5) is 0 Å². The van der Waals surface area contributed by atoms with Gasteiger partial charge in [0.2, 0.25) is 0 Å². The Morgan fingerprint density at radius 2 is 2.36 bits per heavy atom.